The lowest BCUT2D eigenvalue weighted by Crippen LogP contribution is -2.40. The van der Waals surface area contributed by atoms with Gasteiger partial charge >= 0.3 is 0 Å². The summed E-state index contributed by atoms with van der Waals surface area (Å²) in [6.45, 7) is 1.95. The van der Waals surface area contributed by atoms with Gasteiger partial charge in [0.15, 0.2) is 0 Å². The molecule has 0 bridgehead atoms. The third-order valence-corrected chi connectivity index (χ3v) is 6.28. The zero-order chi connectivity index (χ0) is 23.9. The van der Waals surface area contributed by atoms with E-state index in [9.17, 15) is 14.0 Å². The highest BCUT2D eigenvalue weighted by Crippen LogP contribution is 2.25. The lowest BCUT2D eigenvalue weighted by atomic mass is 9.96. The maximum atomic E-state index is 14.2. The molecule has 4 rings (SSSR count). The van der Waals surface area contributed by atoms with Crippen molar-refractivity contribution in [2.75, 3.05) is 18.4 Å². The molecule has 34 heavy (non-hydrogen) atoms. The number of para-hydroxylation sites is 1. The molecule has 0 aliphatic carbocycles. The molecular formula is C26H26ClFN4O2. The second-order valence-electron chi connectivity index (χ2n) is 8.35. The van der Waals surface area contributed by atoms with Crippen molar-refractivity contribution in [1.82, 2.24) is 15.2 Å². The highest BCUT2D eigenvalue weighted by molar-refractivity contribution is 6.31. The Morgan fingerprint density at radius 1 is 1.12 bits per heavy atom. The molecule has 1 atom stereocenters. The zero-order valence-corrected chi connectivity index (χ0v) is 19.4. The van der Waals surface area contributed by atoms with Crippen molar-refractivity contribution in [3.63, 3.8) is 0 Å². The molecule has 2 heterocycles. The number of likely N-dealkylation sites (tertiary alicyclic amines) is 1. The Bertz CT molecular complexity index is 1140. The van der Waals surface area contributed by atoms with Crippen LogP contribution >= 0.6 is 11.6 Å². The average molecular weight is 481 g/mol. The van der Waals surface area contributed by atoms with Crippen LogP contribution in [0.5, 0.6) is 0 Å². The average Bonchev–Trinajstić information content (AvgIpc) is 2.86. The van der Waals surface area contributed by atoms with Gasteiger partial charge < -0.3 is 10.6 Å². The van der Waals surface area contributed by atoms with E-state index in [-0.39, 0.29) is 23.5 Å². The van der Waals surface area contributed by atoms with Gasteiger partial charge in [0.1, 0.15) is 5.82 Å². The first-order chi connectivity index (χ1) is 16.5. The summed E-state index contributed by atoms with van der Waals surface area (Å²) >= 11 is 6.18. The van der Waals surface area contributed by atoms with Crippen LogP contribution in [0.4, 0.5) is 10.1 Å². The second-order valence-corrected chi connectivity index (χ2v) is 8.76. The molecule has 2 amide bonds. The number of anilines is 1. The predicted molar refractivity (Wildman–Crippen MR) is 130 cm³/mol. The summed E-state index contributed by atoms with van der Waals surface area (Å²) in [5, 5.41) is 6.18. The third kappa shape index (κ3) is 5.98. The molecule has 0 spiro atoms. The van der Waals surface area contributed by atoms with E-state index in [0.717, 1.165) is 24.9 Å². The van der Waals surface area contributed by atoms with E-state index in [4.69, 9.17) is 11.6 Å². The molecule has 2 N–H and O–H groups in total. The monoisotopic (exact) mass is 480 g/mol. The van der Waals surface area contributed by atoms with Crippen LogP contribution in [-0.4, -0.2) is 34.8 Å². The number of pyridine rings is 1. The van der Waals surface area contributed by atoms with Gasteiger partial charge in [0.25, 0.3) is 5.91 Å². The summed E-state index contributed by atoms with van der Waals surface area (Å²) in [7, 11) is 0. The first-order valence-electron chi connectivity index (χ1n) is 11.2. The van der Waals surface area contributed by atoms with Crippen LogP contribution in [0.15, 0.2) is 67.0 Å². The Kier molecular flexibility index (Phi) is 7.87. The third-order valence-electron chi connectivity index (χ3n) is 5.93. The summed E-state index contributed by atoms with van der Waals surface area (Å²) in [6, 6.07) is 15.3. The summed E-state index contributed by atoms with van der Waals surface area (Å²) in [5.74, 6) is -1.05. The number of benzene rings is 2. The lowest BCUT2D eigenvalue weighted by Gasteiger charge is -2.32. The van der Waals surface area contributed by atoms with Gasteiger partial charge in [-0.25, -0.2) is 4.39 Å². The molecule has 6 nitrogen and oxygen atoms in total. The Morgan fingerprint density at radius 2 is 1.97 bits per heavy atom. The van der Waals surface area contributed by atoms with Gasteiger partial charge in [0, 0.05) is 42.6 Å². The molecule has 0 saturated carbocycles. The lowest BCUT2D eigenvalue weighted by molar-refractivity contribution is -0.121. The van der Waals surface area contributed by atoms with Gasteiger partial charge in [-0.15, -0.1) is 0 Å². The Hall–Kier alpha value is -3.29. The number of piperidine rings is 1. The molecule has 1 unspecified atom stereocenters. The highest BCUT2D eigenvalue weighted by Gasteiger charge is 2.27. The van der Waals surface area contributed by atoms with Crippen molar-refractivity contribution in [3.05, 3.63) is 94.5 Å². The van der Waals surface area contributed by atoms with Crippen molar-refractivity contribution in [3.8, 4) is 0 Å². The van der Waals surface area contributed by atoms with Crippen molar-refractivity contribution >= 4 is 29.1 Å². The van der Waals surface area contributed by atoms with Gasteiger partial charge in [0.05, 0.1) is 17.2 Å². The molecule has 1 saturated heterocycles. The van der Waals surface area contributed by atoms with Crippen molar-refractivity contribution < 1.29 is 14.0 Å². The number of rotatable bonds is 7. The minimum Gasteiger partial charge on any atom is -0.348 e. The second kappa shape index (κ2) is 11.2. The van der Waals surface area contributed by atoms with Crippen LogP contribution in [0, 0.1) is 11.7 Å². The molecule has 0 radical (unpaired) electrons. The topological polar surface area (TPSA) is 74.3 Å². The fraction of sp³-hybridized carbons (Fsp3) is 0.269. The van der Waals surface area contributed by atoms with E-state index >= 15 is 0 Å². The predicted octanol–water partition coefficient (Wildman–Crippen LogP) is 4.65. The molecule has 1 fully saturated rings. The molecule has 2 aromatic carbocycles. The van der Waals surface area contributed by atoms with E-state index in [1.54, 1.807) is 48.8 Å². The zero-order valence-electron chi connectivity index (χ0n) is 18.6. The molecule has 3 aromatic rings. The number of aromatic nitrogens is 1. The summed E-state index contributed by atoms with van der Waals surface area (Å²) in [4.78, 5) is 31.9. The van der Waals surface area contributed by atoms with Crippen LogP contribution in [-0.2, 0) is 17.9 Å². The van der Waals surface area contributed by atoms with Gasteiger partial charge in [-0.05, 0) is 55.3 Å². The van der Waals surface area contributed by atoms with E-state index in [2.05, 4.69) is 15.6 Å². The number of nitrogens with one attached hydrogen (secondary N) is 2. The van der Waals surface area contributed by atoms with Crippen molar-refractivity contribution in [1.29, 1.82) is 0 Å². The Morgan fingerprint density at radius 3 is 2.76 bits per heavy atom. The van der Waals surface area contributed by atoms with Crippen LogP contribution < -0.4 is 10.6 Å². The Balaban J connectivity index is 1.39. The SMILES string of the molecule is O=C(NCc1cccnc1)c1ccccc1NC(=O)C1CCCN(Cc2c(F)cccc2Cl)C1. The van der Waals surface area contributed by atoms with Gasteiger partial charge in [-0.1, -0.05) is 35.9 Å². The Labute approximate surface area is 203 Å². The molecule has 176 valence electrons. The molecule has 1 aliphatic heterocycles. The molecule has 1 aliphatic rings. The number of hydrogen-bond acceptors (Lipinski definition) is 4. The van der Waals surface area contributed by atoms with Crippen LogP contribution in [0.1, 0.15) is 34.3 Å². The van der Waals surface area contributed by atoms with E-state index < -0.39 is 0 Å². The maximum Gasteiger partial charge on any atom is 0.253 e. The fourth-order valence-electron chi connectivity index (χ4n) is 4.13. The van der Waals surface area contributed by atoms with Gasteiger partial charge in [-0.3, -0.25) is 19.5 Å². The number of hydrogen-bond donors (Lipinski definition) is 2. The molecule has 8 heteroatoms. The number of nitrogens with zero attached hydrogens (tertiary/aromatic N) is 2. The highest BCUT2D eigenvalue weighted by atomic mass is 35.5. The summed E-state index contributed by atoms with van der Waals surface area (Å²) in [6.07, 6.45) is 4.91. The van der Waals surface area contributed by atoms with Crippen molar-refractivity contribution in [2.45, 2.75) is 25.9 Å². The molecular weight excluding hydrogens is 455 g/mol. The van der Waals surface area contributed by atoms with Crippen LogP contribution in [0.25, 0.3) is 0 Å². The van der Waals surface area contributed by atoms with E-state index in [1.807, 2.05) is 17.0 Å². The summed E-state index contributed by atoms with van der Waals surface area (Å²) < 4.78 is 14.2. The fourth-order valence-corrected chi connectivity index (χ4v) is 4.35. The minimum absolute atomic E-state index is 0.156. The first kappa shape index (κ1) is 23.9. The molecule has 1 aromatic heterocycles. The number of carbonyl (C=O) groups is 2. The normalized spacial score (nSPS) is 16.1. The van der Waals surface area contributed by atoms with Crippen molar-refractivity contribution in [2.24, 2.45) is 5.92 Å². The number of halogens is 2. The maximum absolute atomic E-state index is 14.2. The number of amides is 2. The quantitative estimate of drug-likeness (QED) is 0.516. The standard InChI is InChI=1S/C26H26ClFN4O2/c27-22-9-3-10-23(28)21(22)17-32-13-5-7-19(16-32)25(33)31-24-11-2-1-8-20(24)26(34)30-15-18-6-4-12-29-14-18/h1-4,6,8-12,14,19H,5,7,13,15-17H2,(H,30,34)(H,31,33). The van der Waals surface area contributed by atoms with E-state index in [0.29, 0.717) is 41.5 Å². The smallest absolute Gasteiger partial charge is 0.253 e. The first-order valence-corrected chi connectivity index (χ1v) is 11.6. The van der Waals surface area contributed by atoms with Gasteiger partial charge in [0.2, 0.25) is 5.91 Å². The van der Waals surface area contributed by atoms with E-state index in [1.165, 1.54) is 6.07 Å². The minimum atomic E-state index is -0.342. The number of carbonyl (C=O) groups excluding carboxylic acids is 2. The largest absolute Gasteiger partial charge is 0.348 e. The van der Waals surface area contributed by atoms with Crippen LogP contribution in [0.2, 0.25) is 5.02 Å². The van der Waals surface area contributed by atoms with Crippen LogP contribution in [0.3, 0.4) is 0 Å². The van der Waals surface area contributed by atoms with Gasteiger partial charge in [-0.2, -0.15) is 0 Å². The summed E-state index contributed by atoms with van der Waals surface area (Å²) in [5.41, 5.74) is 2.19.